The normalized spacial score (nSPS) is 13.5. The molecule has 0 heterocycles. The molecular formula is C19H34OP2. The Hall–Kier alpha value is -0.220. The summed E-state index contributed by atoms with van der Waals surface area (Å²) in [5, 5.41) is 0. The first-order valence-electron chi connectivity index (χ1n) is 8.23. The number of unbranched alkanes of at least 4 members (excludes halogenated alkanes) is 1. The van der Waals surface area contributed by atoms with E-state index >= 15 is 0 Å². The van der Waals surface area contributed by atoms with Crippen LogP contribution in [0, 0.1) is 0 Å². The SMILES string of the molecule is CC(C)=CCC/C=C\CC/C(C)=C\CC/C(C)=C\COPP. The summed E-state index contributed by atoms with van der Waals surface area (Å²) in [7, 11) is 3.11. The Morgan fingerprint density at radius 2 is 1.45 bits per heavy atom. The van der Waals surface area contributed by atoms with Crippen molar-refractivity contribution in [1.82, 2.24) is 0 Å². The maximum absolute atomic E-state index is 5.33. The van der Waals surface area contributed by atoms with Crippen molar-refractivity contribution in [3.8, 4) is 0 Å². The molecule has 0 saturated carbocycles. The first kappa shape index (κ1) is 21.8. The number of allylic oxidation sites excluding steroid dienone is 7. The van der Waals surface area contributed by atoms with E-state index in [1.54, 1.807) is 0 Å². The molecule has 0 N–H and O–H groups in total. The highest BCUT2D eigenvalue weighted by Crippen LogP contribution is 2.21. The van der Waals surface area contributed by atoms with Crippen LogP contribution in [0.3, 0.4) is 0 Å². The summed E-state index contributed by atoms with van der Waals surface area (Å²) in [6, 6.07) is 0. The molecule has 0 aliphatic rings. The molecule has 0 aliphatic carbocycles. The fourth-order valence-electron chi connectivity index (χ4n) is 2.00. The van der Waals surface area contributed by atoms with Crippen molar-refractivity contribution in [1.29, 1.82) is 0 Å². The van der Waals surface area contributed by atoms with Crippen molar-refractivity contribution < 1.29 is 4.52 Å². The second-order valence-electron chi connectivity index (χ2n) is 5.94. The van der Waals surface area contributed by atoms with Gasteiger partial charge in [0.05, 0.1) is 6.61 Å². The quantitative estimate of drug-likeness (QED) is 0.208. The van der Waals surface area contributed by atoms with Crippen molar-refractivity contribution >= 4 is 17.4 Å². The van der Waals surface area contributed by atoms with E-state index in [-0.39, 0.29) is 0 Å². The minimum atomic E-state index is 0.504. The summed E-state index contributed by atoms with van der Waals surface area (Å²) in [4.78, 5) is 0. The summed E-state index contributed by atoms with van der Waals surface area (Å²) in [6.45, 7) is 9.49. The van der Waals surface area contributed by atoms with Gasteiger partial charge in [-0.2, -0.15) is 0 Å². The second kappa shape index (κ2) is 15.7. The third kappa shape index (κ3) is 16.2. The standard InChI is InChI=1S/C19H34OP2/c1-17(2)11-8-6-5-7-9-12-18(3)13-10-14-19(4)15-16-20-22-21/h5,7,11,13,15,22H,6,8-10,12,14,16,21H2,1-4H3/b7-5-,18-13-,19-15-. The average Bonchev–Trinajstić information content (AvgIpc) is 2.46. The molecule has 0 aromatic rings. The Labute approximate surface area is 142 Å². The maximum Gasteiger partial charge on any atom is 0.0693 e. The Morgan fingerprint density at radius 1 is 0.818 bits per heavy atom. The van der Waals surface area contributed by atoms with Gasteiger partial charge in [-0.1, -0.05) is 56.0 Å². The van der Waals surface area contributed by atoms with Gasteiger partial charge in [-0.15, -0.1) is 0 Å². The van der Waals surface area contributed by atoms with Crippen molar-refractivity contribution in [2.75, 3.05) is 6.61 Å². The van der Waals surface area contributed by atoms with E-state index in [2.05, 4.69) is 67.0 Å². The van der Waals surface area contributed by atoms with Crippen LogP contribution in [0.2, 0.25) is 0 Å². The van der Waals surface area contributed by atoms with Crippen molar-refractivity contribution in [2.24, 2.45) is 0 Å². The van der Waals surface area contributed by atoms with Crippen molar-refractivity contribution in [3.05, 3.63) is 47.1 Å². The second-order valence-corrected chi connectivity index (χ2v) is 7.17. The molecule has 2 atom stereocenters. The largest absolute Gasteiger partial charge is 0.354 e. The monoisotopic (exact) mass is 340 g/mol. The van der Waals surface area contributed by atoms with E-state index in [9.17, 15) is 0 Å². The van der Waals surface area contributed by atoms with Gasteiger partial charge in [0.2, 0.25) is 0 Å². The predicted molar refractivity (Wildman–Crippen MR) is 108 cm³/mol. The minimum Gasteiger partial charge on any atom is -0.354 e. The number of rotatable bonds is 12. The molecule has 0 rings (SSSR count). The Kier molecular flexibility index (Phi) is 15.5. The van der Waals surface area contributed by atoms with Crippen LogP contribution in [0.5, 0.6) is 0 Å². The van der Waals surface area contributed by atoms with Gasteiger partial charge in [-0.05, 0) is 66.2 Å². The van der Waals surface area contributed by atoms with Crippen LogP contribution in [-0.2, 0) is 4.52 Å². The molecule has 0 spiro atoms. The van der Waals surface area contributed by atoms with Gasteiger partial charge >= 0.3 is 0 Å². The fraction of sp³-hybridized carbons (Fsp3) is 0.579. The summed E-state index contributed by atoms with van der Waals surface area (Å²) in [5.74, 6) is 0. The van der Waals surface area contributed by atoms with Gasteiger partial charge in [-0.3, -0.25) is 0 Å². The van der Waals surface area contributed by atoms with Gasteiger partial charge in [0, 0.05) is 8.50 Å². The lowest BCUT2D eigenvalue weighted by Crippen LogP contribution is -1.83. The molecule has 126 valence electrons. The van der Waals surface area contributed by atoms with Gasteiger partial charge in [-0.25, -0.2) is 0 Å². The molecule has 0 aromatic heterocycles. The van der Waals surface area contributed by atoms with E-state index in [0.29, 0.717) is 8.50 Å². The molecule has 3 heteroatoms. The summed E-state index contributed by atoms with van der Waals surface area (Å²) >= 11 is 0. The van der Waals surface area contributed by atoms with Crippen LogP contribution in [0.15, 0.2) is 47.1 Å². The maximum atomic E-state index is 5.33. The zero-order valence-electron chi connectivity index (χ0n) is 14.8. The van der Waals surface area contributed by atoms with Gasteiger partial charge < -0.3 is 4.52 Å². The van der Waals surface area contributed by atoms with Crippen molar-refractivity contribution in [2.45, 2.75) is 66.2 Å². The van der Waals surface area contributed by atoms with Crippen LogP contribution in [-0.4, -0.2) is 6.61 Å². The highest BCUT2D eigenvalue weighted by molar-refractivity contribution is 8.00. The van der Waals surface area contributed by atoms with E-state index in [0.717, 1.165) is 32.3 Å². The first-order valence-corrected chi connectivity index (χ1v) is 10.9. The molecule has 0 aromatic carbocycles. The molecule has 0 bridgehead atoms. The third-order valence-corrected chi connectivity index (χ3v) is 4.22. The third-order valence-electron chi connectivity index (χ3n) is 3.39. The Bertz CT molecular complexity index is 388. The molecule has 2 unspecified atom stereocenters. The Morgan fingerprint density at radius 3 is 2.14 bits per heavy atom. The molecule has 0 aliphatic heterocycles. The minimum absolute atomic E-state index is 0.504. The molecule has 0 radical (unpaired) electrons. The predicted octanol–water partition coefficient (Wildman–Crippen LogP) is 7.14. The highest BCUT2D eigenvalue weighted by atomic mass is 32.0. The van der Waals surface area contributed by atoms with Gasteiger partial charge in [0.25, 0.3) is 0 Å². The van der Waals surface area contributed by atoms with Crippen LogP contribution in [0.25, 0.3) is 0 Å². The lowest BCUT2D eigenvalue weighted by Gasteiger charge is -2.01. The van der Waals surface area contributed by atoms with Crippen LogP contribution in [0.4, 0.5) is 0 Å². The van der Waals surface area contributed by atoms with Crippen LogP contribution >= 0.6 is 17.4 Å². The molecular weight excluding hydrogens is 306 g/mol. The molecule has 0 saturated heterocycles. The zero-order valence-corrected chi connectivity index (χ0v) is 17.0. The van der Waals surface area contributed by atoms with E-state index < -0.39 is 0 Å². The Balaban J connectivity index is 3.74. The molecule has 1 nitrogen and oxygen atoms in total. The fourth-order valence-corrected chi connectivity index (χ4v) is 2.47. The molecule has 0 amide bonds. The van der Waals surface area contributed by atoms with Crippen molar-refractivity contribution in [3.63, 3.8) is 0 Å². The average molecular weight is 340 g/mol. The summed E-state index contributed by atoms with van der Waals surface area (Å²) in [5.41, 5.74) is 4.34. The van der Waals surface area contributed by atoms with Gasteiger partial charge in [0.15, 0.2) is 0 Å². The van der Waals surface area contributed by atoms with E-state index in [1.807, 2.05) is 0 Å². The lowest BCUT2D eigenvalue weighted by molar-refractivity contribution is 0.422. The number of hydrogen-bond donors (Lipinski definition) is 0. The molecule has 22 heavy (non-hydrogen) atoms. The number of hydrogen-bond acceptors (Lipinski definition) is 1. The first-order chi connectivity index (χ1) is 10.6. The summed E-state index contributed by atoms with van der Waals surface area (Å²) in [6.07, 6.45) is 18.5. The topological polar surface area (TPSA) is 9.23 Å². The zero-order chi connectivity index (χ0) is 16.6. The van der Waals surface area contributed by atoms with E-state index in [4.69, 9.17) is 4.52 Å². The van der Waals surface area contributed by atoms with Gasteiger partial charge in [0.1, 0.15) is 0 Å². The molecule has 0 fully saturated rings. The smallest absolute Gasteiger partial charge is 0.0693 e. The summed E-state index contributed by atoms with van der Waals surface area (Å²) < 4.78 is 5.33. The van der Waals surface area contributed by atoms with Crippen LogP contribution < -0.4 is 0 Å². The lowest BCUT2D eigenvalue weighted by atomic mass is 10.1. The van der Waals surface area contributed by atoms with Crippen LogP contribution in [0.1, 0.15) is 66.2 Å². The highest BCUT2D eigenvalue weighted by Gasteiger charge is 1.91. The van der Waals surface area contributed by atoms with E-state index in [1.165, 1.54) is 29.6 Å².